The van der Waals surface area contributed by atoms with Crippen LogP contribution in [0.15, 0.2) is 34.7 Å². The van der Waals surface area contributed by atoms with Crippen LogP contribution in [-0.2, 0) is 13.5 Å². The molecule has 3 aromatic rings. The molecule has 0 bridgehead atoms. The Kier molecular flexibility index (Phi) is 3.28. The van der Waals surface area contributed by atoms with Crippen molar-refractivity contribution in [3.05, 3.63) is 52.5 Å². The molecule has 0 N–H and O–H groups in total. The van der Waals surface area contributed by atoms with Gasteiger partial charge in [0, 0.05) is 12.1 Å². The van der Waals surface area contributed by atoms with Crippen LogP contribution in [0.3, 0.4) is 0 Å². The van der Waals surface area contributed by atoms with Gasteiger partial charge in [-0.05, 0) is 30.7 Å². The van der Waals surface area contributed by atoms with E-state index in [2.05, 4.69) is 15.3 Å². The molecule has 1 aromatic carbocycles. The van der Waals surface area contributed by atoms with E-state index >= 15 is 0 Å². The van der Waals surface area contributed by atoms with Crippen molar-refractivity contribution in [3.8, 4) is 11.6 Å². The van der Waals surface area contributed by atoms with Crippen LogP contribution in [0.2, 0.25) is 5.02 Å². The van der Waals surface area contributed by atoms with Crippen molar-refractivity contribution in [3.63, 3.8) is 0 Å². The maximum absolute atomic E-state index is 5.96. The van der Waals surface area contributed by atoms with E-state index in [1.165, 1.54) is 0 Å². The lowest BCUT2D eigenvalue weighted by Gasteiger charge is -1.97. The Morgan fingerprint density at radius 1 is 1.25 bits per heavy atom. The van der Waals surface area contributed by atoms with Gasteiger partial charge < -0.3 is 4.42 Å². The van der Waals surface area contributed by atoms with Gasteiger partial charge in [0.2, 0.25) is 5.89 Å². The third kappa shape index (κ3) is 2.58. The third-order valence-corrected chi connectivity index (χ3v) is 3.17. The highest BCUT2D eigenvalue weighted by molar-refractivity contribution is 6.30. The van der Waals surface area contributed by atoms with E-state index in [0.29, 0.717) is 23.2 Å². The van der Waals surface area contributed by atoms with Crippen molar-refractivity contribution in [1.29, 1.82) is 0 Å². The predicted octanol–water partition coefficient (Wildman–Crippen LogP) is 3.02. The Balaban J connectivity index is 1.85. The molecule has 0 unspecified atom stereocenters. The van der Waals surface area contributed by atoms with Crippen LogP contribution in [0.25, 0.3) is 11.6 Å². The van der Waals surface area contributed by atoms with Gasteiger partial charge in [0.15, 0.2) is 0 Å². The summed E-state index contributed by atoms with van der Waals surface area (Å²) >= 11 is 5.96. The second-order valence-electron chi connectivity index (χ2n) is 4.60. The van der Waals surface area contributed by atoms with E-state index in [1.54, 1.807) is 4.68 Å². The molecule has 0 amide bonds. The summed E-state index contributed by atoms with van der Waals surface area (Å²) in [5.41, 5.74) is 2.76. The molecule has 0 saturated heterocycles. The summed E-state index contributed by atoms with van der Waals surface area (Å²) < 4.78 is 7.41. The molecule has 102 valence electrons. The van der Waals surface area contributed by atoms with Crippen LogP contribution in [0.1, 0.15) is 17.1 Å². The molecule has 0 fully saturated rings. The number of rotatable bonds is 3. The molecule has 0 aliphatic carbocycles. The van der Waals surface area contributed by atoms with Gasteiger partial charge in [0.25, 0.3) is 5.89 Å². The lowest BCUT2D eigenvalue weighted by molar-refractivity contribution is 0.512. The molecule has 5 nitrogen and oxygen atoms in total. The smallest absolute Gasteiger partial charge is 0.265 e. The van der Waals surface area contributed by atoms with E-state index < -0.39 is 0 Å². The predicted molar refractivity (Wildman–Crippen MR) is 75.5 cm³/mol. The van der Waals surface area contributed by atoms with Crippen molar-refractivity contribution in [2.24, 2.45) is 7.05 Å². The first-order valence-electron chi connectivity index (χ1n) is 6.19. The van der Waals surface area contributed by atoms with Crippen LogP contribution in [-0.4, -0.2) is 20.0 Å². The van der Waals surface area contributed by atoms with E-state index in [1.807, 2.05) is 44.3 Å². The monoisotopic (exact) mass is 288 g/mol. The Hall–Kier alpha value is -2.14. The maximum Gasteiger partial charge on any atom is 0.265 e. The van der Waals surface area contributed by atoms with Crippen molar-refractivity contribution in [1.82, 2.24) is 20.0 Å². The highest BCUT2D eigenvalue weighted by atomic mass is 35.5. The van der Waals surface area contributed by atoms with Crippen molar-refractivity contribution in [2.45, 2.75) is 13.3 Å². The first-order valence-corrected chi connectivity index (χ1v) is 6.57. The maximum atomic E-state index is 5.96. The quantitative estimate of drug-likeness (QED) is 0.743. The standard InChI is InChI=1S/C14H13ClN4O/c1-9-6-12(19(2)18-9)14-17-16-13(20-14)8-10-4-3-5-11(15)7-10/h3-7H,8H2,1-2H3. The number of aryl methyl sites for hydroxylation is 2. The number of hydrogen-bond donors (Lipinski definition) is 0. The Labute approximate surface area is 121 Å². The van der Waals surface area contributed by atoms with Crippen LogP contribution < -0.4 is 0 Å². The van der Waals surface area contributed by atoms with Gasteiger partial charge in [-0.25, -0.2) is 0 Å². The minimum absolute atomic E-state index is 0.477. The van der Waals surface area contributed by atoms with Crippen molar-refractivity contribution < 1.29 is 4.42 Å². The van der Waals surface area contributed by atoms with Gasteiger partial charge in [-0.3, -0.25) is 4.68 Å². The summed E-state index contributed by atoms with van der Waals surface area (Å²) in [4.78, 5) is 0. The summed E-state index contributed by atoms with van der Waals surface area (Å²) in [6, 6.07) is 9.52. The molecule has 0 aliphatic rings. The van der Waals surface area contributed by atoms with E-state index in [0.717, 1.165) is 17.0 Å². The summed E-state index contributed by atoms with van der Waals surface area (Å²) in [6.45, 7) is 1.92. The van der Waals surface area contributed by atoms with E-state index in [9.17, 15) is 0 Å². The van der Waals surface area contributed by atoms with Gasteiger partial charge >= 0.3 is 0 Å². The average Bonchev–Trinajstić information content (AvgIpc) is 2.96. The van der Waals surface area contributed by atoms with Crippen LogP contribution >= 0.6 is 11.6 Å². The van der Waals surface area contributed by atoms with Crippen LogP contribution in [0.4, 0.5) is 0 Å². The molecule has 0 atom stereocenters. The first kappa shape index (κ1) is 12.9. The summed E-state index contributed by atoms with van der Waals surface area (Å²) in [5.74, 6) is 1.03. The van der Waals surface area contributed by atoms with Crippen LogP contribution in [0, 0.1) is 6.92 Å². The van der Waals surface area contributed by atoms with E-state index in [-0.39, 0.29) is 0 Å². The molecule has 6 heteroatoms. The first-order chi connectivity index (χ1) is 9.61. The molecule has 2 aromatic heterocycles. The zero-order valence-electron chi connectivity index (χ0n) is 11.2. The molecule has 0 saturated carbocycles. The normalized spacial score (nSPS) is 10.9. The van der Waals surface area contributed by atoms with Gasteiger partial charge in [-0.2, -0.15) is 5.10 Å². The summed E-state index contributed by atoms with van der Waals surface area (Å²) in [6.07, 6.45) is 0.560. The van der Waals surface area contributed by atoms with Gasteiger partial charge in [-0.1, -0.05) is 23.7 Å². The summed E-state index contributed by atoms with van der Waals surface area (Å²) in [7, 11) is 1.85. The molecular weight excluding hydrogens is 276 g/mol. The van der Waals surface area contributed by atoms with E-state index in [4.69, 9.17) is 16.0 Å². The summed E-state index contributed by atoms with van der Waals surface area (Å²) in [5, 5.41) is 13.1. The minimum atomic E-state index is 0.477. The number of aromatic nitrogens is 4. The largest absolute Gasteiger partial charge is 0.419 e. The number of halogens is 1. The molecule has 3 rings (SSSR count). The van der Waals surface area contributed by atoms with Crippen LogP contribution in [0.5, 0.6) is 0 Å². The van der Waals surface area contributed by atoms with Gasteiger partial charge in [-0.15, -0.1) is 10.2 Å². The zero-order valence-corrected chi connectivity index (χ0v) is 11.9. The lowest BCUT2D eigenvalue weighted by Crippen LogP contribution is -1.93. The second kappa shape index (κ2) is 5.09. The zero-order chi connectivity index (χ0) is 14.1. The molecule has 0 aliphatic heterocycles. The number of benzene rings is 1. The molecule has 0 radical (unpaired) electrons. The lowest BCUT2D eigenvalue weighted by atomic mass is 10.1. The molecule has 2 heterocycles. The number of hydrogen-bond acceptors (Lipinski definition) is 4. The average molecular weight is 289 g/mol. The Morgan fingerprint density at radius 2 is 2.10 bits per heavy atom. The minimum Gasteiger partial charge on any atom is -0.419 e. The highest BCUT2D eigenvalue weighted by Crippen LogP contribution is 2.20. The molecule has 0 spiro atoms. The fourth-order valence-corrected chi connectivity index (χ4v) is 2.27. The molecular formula is C14H13ClN4O. The third-order valence-electron chi connectivity index (χ3n) is 2.93. The fraction of sp³-hybridized carbons (Fsp3) is 0.214. The Morgan fingerprint density at radius 3 is 2.80 bits per heavy atom. The SMILES string of the molecule is Cc1cc(-c2nnc(Cc3cccc(Cl)c3)o2)n(C)n1. The topological polar surface area (TPSA) is 56.7 Å². The number of nitrogens with zero attached hydrogens (tertiary/aromatic N) is 4. The van der Waals surface area contributed by atoms with Gasteiger partial charge in [0.1, 0.15) is 5.69 Å². The fourth-order valence-electron chi connectivity index (χ4n) is 2.06. The molecule has 20 heavy (non-hydrogen) atoms. The Bertz CT molecular complexity index is 747. The van der Waals surface area contributed by atoms with Crippen molar-refractivity contribution >= 4 is 11.6 Å². The van der Waals surface area contributed by atoms with Crippen molar-refractivity contribution in [2.75, 3.05) is 0 Å². The highest BCUT2D eigenvalue weighted by Gasteiger charge is 2.13. The van der Waals surface area contributed by atoms with Gasteiger partial charge in [0.05, 0.1) is 12.1 Å². The second-order valence-corrected chi connectivity index (χ2v) is 5.04.